The fraction of sp³-hybridized carbons (Fsp3) is 0.700. The minimum atomic E-state index is -1.37. The van der Waals surface area contributed by atoms with E-state index < -0.39 is 17.4 Å². The lowest BCUT2D eigenvalue weighted by molar-refractivity contribution is -0.276. The van der Waals surface area contributed by atoms with Crippen molar-refractivity contribution in [2.45, 2.75) is 39.1 Å². The van der Waals surface area contributed by atoms with Crippen molar-refractivity contribution in [3.05, 3.63) is 12.2 Å². The van der Waals surface area contributed by atoms with Gasteiger partial charge in [0.15, 0.2) is 0 Å². The summed E-state index contributed by atoms with van der Waals surface area (Å²) in [6, 6.07) is 0. The average molecular weight is 202 g/mol. The second-order valence-corrected chi connectivity index (χ2v) is 3.88. The van der Waals surface area contributed by atoms with Gasteiger partial charge in [0.2, 0.25) is 5.79 Å². The highest BCUT2D eigenvalue weighted by atomic mass is 16.7. The minimum absolute atomic E-state index is 0.262. The Morgan fingerprint density at radius 2 is 1.79 bits per heavy atom. The molecule has 4 heteroatoms. The molecule has 4 nitrogen and oxygen atoms in total. The first-order valence-corrected chi connectivity index (χ1v) is 4.30. The Hall–Kier alpha value is -0.870. The number of ether oxygens (including phenoxy) is 2. The Balaban J connectivity index is 4.74. The van der Waals surface area contributed by atoms with E-state index in [1.165, 1.54) is 34.8 Å². The third-order valence-corrected chi connectivity index (χ3v) is 2.14. The Labute approximate surface area is 84.5 Å². The molecule has 0 radical (unpaired) electrons. The van der Waals surface area contributed by atoms with Gasteiger partial charge >= 0.3 is 5.97 Å². The highest BCUT2D eigenvalue weighted by Crippen LogP contribution is 2.27. The standard InChI is InChI=1S/C10H18O4/c1-7(2)8(11)14-10(5,13-6)9(3,4)12/h12H,1H2,2-6H3. The number of carbonyl (C=O) groups excluding carboxylic acids is 1. The number of esters is 1. The van der Waals surface area contributed by atoms with Crippen LogP contribution in [0.15, 0.2) is 12.2 Å². The minimum Gasteiger partial charge on any atom is -0.427 e. The molecule has 82 valence electrons. The summed E-state index contributed by atoms with van der Waals surface area (Å²) in [7, 11) is 1.36. The van der Waals surface area contributed by atoms with Crippen LogP contribution in [0.25, 0.3) is 0 Å². The lowest BCUT2D eigenvalue weighted by atomic mass is 9.99. The van der Waals surface area contributed by atoms with E-state index in [1.807, 2.05) is 0 Å². The van der Waals surface area contributed by atoms with Gasteiger partial charge in [0.1, 0.15) is 5.60 Å². The first-order chi connectivity index (χ1) is 6.14. The predicted octanol–water partition coefficient (Wildman–Crippen LogP) is 1.24. The largest absolute Gasteiger partial charge is 0.427 e. The monoisotopic (exact) mass is 202 g/mol. The second-order valence-electron chi connectivity index (χ2n) is 3.88. The molecule has 1 atom stereocenters. The molecule has 0 aliphatic carbocycles. The van der Waals surface area contributed by atoms with E-state index in [9.17, 15) is 9.90 Å². The molecule has 14 heavy (non-hydrogen) atoms. The van der Waals surface area contributed by atoms with Crippen molar-refractivity contribution in [2.24, 2.45) is 0 Å². The van der Waals surface area contributed by atoms with Crippen LogP contribution in [-0.2, 0) is 14.3 Å². The van der Waals surface area contributed by atoms with Crippen molar-refractivity contribution in [3.8, 4) is 0 Å². The summed E-state index contributed by atoms with van der Waals surface area (Å²) in [6.45, 7) is 9.47. The first kappa shape index (κ1) is 13.1. The summed E-state index contributed by atoms with van der Waals surface area (Å²) in [5.74, 6) is -1.96. The van der Waals surface area contributed by atoms with E-state index in [0.29, 0.717) is 0 Å². The maximum atomic E-state index is 11.3. The zero-order chi connectivity index (χ0) is 11.6. The van der Waals surface area contributed by atoms with Crippen LogP contribution in [0.4, 0.5) is 0 Å². The quantitative estimate of drug-likeness (QED) is 0.423. The third-order valence-electron chi connectivity index (χ3n) is 2.14. The lowest BCUT2D eigenvalue weighted by Crippen LogP contribution is -2.52. The lowest BCUT2D eigenvalue weighted by Gasteiger charge is -2.37. The number of hydrogen-bond acceptors (Lipinski definition) is 4. The zero-order valence-corrected chi connectivity index (χ0v) is 9.38. The zero-order valence-electron chi connectivity index (χ0n) is 9.38. The summed E-state index contributed by atoms with van der Waals surface area (Å²) in [5.41, 5.74) is -1.02. The normalized spacial score (nSPS) is 15.9. The Kier molecular flexibility index (Phi) is 3.85. The van der Waals surface area contributed by atoms with Crippen molar-refractivity contribution in [1.29, 1.82) is 0 Å². The van der Waals surface area contributed by atoms with Gasteiger partial charge < -0.3 is 14.6 Å². The summed E-state index contributed by atoms with van der Waals surface area (Å²) in [6.07, 6.45) is 0. The fourth-order valence-electron chi connectivity index (χ4n) is 0.680. The molecule has 0 aromatic rings. The number of aliphatic hydroxyl groups is 1. The Bertz CT molecular complexity index is 239. The molecule has 0 aliphatic heterocycles. The highest BCUT2D eigenvalue weighted by Gasteiger charge is 2.43. The van der Waals surface area contributed by atoms with Crippen molar-refractivity contribution in [3.63, 3.8) is 0 Å². The summed E-state index contributed by atoms with van der Waals surface area (Å²) in [5, 5.41) is 9.74. The fourth-order valence-corrected chi connectivity index (χ4v) is 0.680. The van der Waals surface area contributed by atoms with E-state index in [4.69, 9.17) is 9.47 Å². The van der Waals surface area contributed by atoms with Crippen LogP contribution in [0, 0.1) is 0 Å². The summed E-state index contributed by atoms with van der Waals surface area (Å²) < 4.78 is 9.99. The average Bonchev–Trinajstić information content (AvgIpc) is 2.01. The van der Waals surface area contributed by atoms with Gasteiger partial charge in [-0.15, -0.1) is 0 Å². The Morgan fingerprint density at radius 3 is 2.00 bits per heavy atom. The molecule has 0 amide bonds. The summed E-state index contributed by atoms with van der Waals surface area (Å²) in [4.78, 5) is 11.3. The first-order valence-electron chi connectivity index (χ1n) is 4.30. The predicted molar refractivity (Wildman–Crippen MR) is 52.6 cm³/mol. The highest BCUT2D eigenvalue weighted by molar-refractivity contribution is 5.87. The van der Waals surface area contributed by atoms with Crippen molar-refractivity contribution < 1.29 is 19.4 Å². The summed E-state index contributed by atoms with van der Waals surface area (Å²) >= 11 is 0. The van der Waals surface area contributed by atoms with Crippen LogP contribution in [0.3, 0.4) is 0 Å². The van der Waals surface area contributed by atoms with Crippen LogP contribution in [0.1, 0.15) is 27.7 Å². The van der Waals surface area contributed by atoms with Crippen LogP contribution in [0.2, 0.25) is 0 Å². The van der Waals surface area contributed by atoms with E-state index in [-0.39, 0.29) is 5.57 Å². The van der Waals surface area contributed by atoms with Gasteiger partial charge in [-0.1, -0.05) is 6.58 Å². The van der Waals surface area contributed by atoms with Gasteiger partial charge in [0.05, 0.1) is 0 Å². The van der Waals surface area contributed by atoms with Gasteiger partial charge in [-0.25, -0.2) is 4.79 Å². The number of rotatable bonds is 4. The number of hydrogen-bond donors (Lipinski definition) is 1. The van der Waals surface area contributed by atoms with Crippen LogP contribution >= 0.6 is 0 Å². The molecule has 0 saturated heterocycles. The molecule has 0 spiro atoms. The molecule has 1 unspecified atom stereocenters. The Morgan fingerprint density at radius 1 is 1.36 bits per heavy atom. The van der Waals surface area contributed by atoms with Crippen molar-refractivity contribution in [1.82, 2.24) is 0 Å². The van der Waals surface area contributed by atoms with Gasteiger partial charge in [0, 0.05) is 19.6 Å². The van der Waals surface area contributed by atoms with Gasteiger partial charge in [0.25, 0.3) is 0 Å². The molecular weight excluding hydrogens is 184 g/mol. The van der Waals surface area contributed by atoms with E-state index in [2.05, 4.69) is 6.58 Å². The number of methoxy groups -OCH3 is 1. The maximum absolute atomic E-state index is 11.3. The molecule has 0 saturated carbocycles. The van der Waals surface area contributed by atoms with Crippen molar-refractivity contribution >= 4 is 5.97 Å². The molecule has 0 aliphatic rings. The topological polar surface area (TPSA) is 55.8 Å². The number of carbonyl (C=O) groups is 1. The van der Waals surface area contributed by atoms with E-state index in [0.717, 1.165) is 0 Å². The third kappa shape index (κ3) is 2.82. The second kappa shape index (κ2) is 4.11. The van der Waals surface area contributed by atoms with E-state index >= 15 is 0 Å². The van der Waals surface area contributed by atoms with Gasteiger partial charge in [-0.05, 0) is 20.8 Å². The molecule has 0 bridgehead atoms. The van der Waals surface area contributed by atoms with Crippen LogP contribution in [0.5, 0.6) is 0 Å². The van der Waals surface area contributed by atoms with Crippen molar-refractivity contribution in [2.75, 3.05) is 7.11 Å². The molecule has 0 fully saturated rings. The molecule has 0 aromatic heterocycles. The smallest absolute Gasteiger partial charge is 0.335 e. The van der Waals surface area contributed by atoms with Gasteiger partial charge in [-0.2, -0.15) is 0 Å². The van der Waals surface area contributed by atoms with Crippen LogP contribution in [-0.4, -0.2) is 29.6 Å². The van der Waals surface area contributed by atoms with E-state index in [1.54, 1.807) is 0 Å². The molecule has 1 N–H and O–H groups in total. The van der Waals surface area contributed by atoms with Crippen LogP contribution < -0.4 is 0 Å². The molecule has 0 rings (SSSR count). The molecular formula is C10H18O4. The SMILES string of the molecule is C=C(C)C(=O)OC(C)(OC)C(C)(C)O. The molecule has 0 heterocycles. The molecule has 0 aromatic carbocycles. The van der Waals surface area contributed by atoms with Gasteiger partial charge in [-0.3, -0.25) is 0 Å². The maximum Gasteiger partial charge on any atom is 0.335 e.